The number of carboxylic acid groups (broad SMARTS) is 1. The molecule has 1 saturated carbocycles. The lowest BCUT2D eigenvalue weighted by Crippen LogP contribution is -2.48. The van der Waals surface area contributed by atoms with Gasteiger partial charge in [0.25, 0.3) is 0 Å². The molecule has 6 heteroatoms. The number of esters is 1. The Hall–Kier alpha value is -1.20. The normalized spacial score (nSPS) is 19.7. The minimum Gasteiger partial charge on any atom is -0.477 e. The molecule has 0 radical (unpaired) electrons. The molecule has 0 aromatic heterocycles. The average molecular weight is 250 g/mol. The van der Waals surface area contributed by atoms with Crippen molar-refractivity contribution in [3.8, 4) is 0 Å². The number of alkyl halides is 2. The number of carbonyl (C=O) groups excluding carboxylic acids is 1. The quantitative estimate of drug-likeness (QED) is 0.777. The predicted molar refractivity (Wildman–Crippen MR) is 54.7 cm³/mol. The van der Waals surface area contributed by atoms with Gasteiger partial charge in [0.05, 0.1) is 0 Å². The monoisotopic (exact) mass is 250 g/mol. The summed E-state index contributed by atoms with van der Waals surface area (Å²) in [5.41, 5.74) is 0. The number of rotatable bonds is 4. The van der Waals surface area contributed by atoms with Crippen LogP contribution in [0.3, 0.4) is 0 Å². The molecule has 1 aliphatic rings. The van der Waals surface area contributed by atoms with E-state index < -0.39 is 29.9 Å². The number of hydrogen-bond donors (Lipinski definition) is 1. The van der Waals surface area contributed by atoms with Gasteiger partial charge in [-0.15, -0.1) is 0 Å². The number of carbonyl (C=O) groups is 2. The third-order valence-corrected chi connectivity index (χ3v) is 3.01. The molecule has 1 unspecified atom stereocenters. The van der Waals surface area contributed by atoms with E-state index in [1.807, 2.05) is 0 Å². The standard InChI is InChI=1S/C11H16F2O4/c1-7(14)17-9(11(12,13)10(15)16)8-5-3-2-4-6-8/h8-9H,2-6H2,1H3,(H,15,16). The zero-order valence-electron chi connectivity index (χ0n) is 9.62. The lowest BCUT2D eigenvalue weighted by atomic mass is 9.83. The molecule has 1 N–H and O–H groups in total. The first-order valence-corrected chi connectivity index (χ1v) is 5.64. The van der Waals surface area contributed by atoms with Crippen LogP contribution in [0.2, 0.25) is 0 Å². The van der Waals surface area contributed by atoms with Crippen molar-refractivity contribution < 1.29 is 28.2 Å². The van der Waals surface area contributed by atoms with Crippen molar-refractivity contribution in [2.75, 3.05) is 0 Å². The summed E-state index contributed by atoms with van der Waals surface area (Å²) >= 11 is 0. The molecule has 98 valence electrons. The van der Waals surface area contributed by atoms with Gasteiger partial charge >= 0.3 is 17.9 Å². The highest BCUT2D eigenvalue weighted by Crippen LogP contribution is 2.36. The molecule has 0 spiro atoms. The fraction of sp³-hybridized carbons (Fsp3) is 0.818. The van der Waals surface area contributed by atoms with E-state index in [1.165, 1.54) is 0 Å². The summed E-state index contributed by atoms with van der Waals surface area (Å²) in [5.74, 6) is -7.71. The highest BCUT2D eigenvalue weighted by atomic mass is 19.3. The first-order chi connectivity index (χ1) is 7.85. The lowest BCUT2D eigenvalue weighted by Gasteiger charge is -2.32. The minimum absolute atomic E-state index is 0.473. The topological polar surface area (TPSA) is 63.6 Å². The van der Waals surface area contributed by atoms with Crippen molar-refractivity contribution in [1.29, 1.82) is 0 Å². The number of carboxylic acids is 1. The molecule has 0 aliphatic heterocycles. The molecule has 0 amide bonds. The maximum atomic E-state index is 13.5. The maximum Gasteiger partial charge on any atom is 0.378 e. The van der Waals surface area contributed by atoms with Crippen LogP contribution in [0.4, 0.5) is 8.78 Å². The average Bonchev–Trinajstić information content (AvgIpc) is 2.26. The molecule has 1 atom stereocenters. The molecule has 0 saturated heterocycles. The van der Waals surface area contributed by atoms with Crippen LogP contribution >= 0.6 is 0 Å². The molecule has 0 aromatic carbocycles. The number of halogens is 2. The zero-order chi connectivity index (χ0) is 13.1. The molecule has 0 aromatic rings. The summed E-state index contributed by atoms with van der Waals surface area (Å²) in [4.78, 5) is 21.4. The molecular formula is C11H16F2O4. The Morgan fingerprint density at radius 1 is 1.29 bits per heavy atom. The SMILES string of the molecule is CC(=O)OC(C1CCCCC1)C(F)(F)C(=O)O. The van der Waals surface area contributed by atoms with Crippen LogP contribution in [0.15, 0.2) is 0 Å². The third-order valence-electron chi connectivity index (χ3n) is 3.01. The lowest BCUT2D eigenvalue weighted by molar-refractivity contribution is -0.201. The van der Waals surface area contributed by atoms with Gasteiger partial charge < -0.3 is 9.84 Å². The molecule has 1 aliphatic carbocycles. The fourth-order valence-corrected chi connectivity index (χ4v) is 2.20. The first kappa shape index (κ1) is 13.9. The van der Waals surface area contributed by atoms with E-state index in [0.717, 1.165) is 26.2 Å². The van der Waals surface area contributed by atoms with Crippen LogP contribution < -0.4 is 0 Å². The van der Waals surface area contributed by atoms with Crippen LogP contribution in [0.1, 0.15) is 39.0 Å². The zero-order valence-corrected chi connectivity index (χ0v) is 9.62. The van der Waals surface area contributed by atoms with E-state index in [-0.39, 0.29) is 0 Å². The Bertz CT molecular complexity index is 298. The smallest absolute Gasteiger partial charge is 0.378 e. The van der Waals surface area contributed by atoms with Crippen LogP contribution in [-0.4, -0.2) is 29.1 Å². The molecule has 1 rings (SSSR count). The van der Waals surface area contributed by atoms with E-state index >= 15 is 0 Å². The van der Waals surface area contributed by atoms with Crippen LogP contribution in [0, 0.1) is 5.92 Å². The van der Waals surface area contributed by atoms with Gasteiger partial charge in [0.1, 0.15) is 0 Å². The van der Waals surface area contributed by atoms with Crippen molar-refractivity contribution in [2.45, 2.75) is 51.1 Å². The van der Waals surface area contributed by atoms with Crippen LogP contribution in [0.5, 0.6) is 0 Å². The summed E-state index contributed by atoms with van der Waals surface area (Å²) in [5, 5.41) is 8.51. The second-order valence-electron chi connectivity index (χ2n) is 4.36. The Kier molecular flexibility index (Phi) is 4.42. The van der Waals surface area contributed by atoms with Gasteiger partial charge in [-0.05, 0) is 12.8 Å². The summed E-state index contributed by atoms with van der Waals surface area (Å²) in [6.07, 6.45) is 1.57. The van der Waals surface area contributed by atoms with Gasteiger partial charge in [-0.25, -0.2) is 4.79 Å². The highest BCUT2D eigenvalue weighted by molar-refractivity contribution is 5.77. The highest BCUT2D eigenvalue weighted by Gasteiger charge is 2.53. The maximum absolute atomic E-state index is 13.5. The molecule has 4 nitrogen and oxygen atoms in total. The van der Waals surface area contributed by atoms with Gasteiger partial charge in [0.15, 0.2) is 6.10 Å². The second kappa shape index (κ2) is 5.42. The van der Waals surface area contributed by atoms with E-state index in [0.29, 0.717) is 12.8 Å². The largest absolute Gasteiger partial charge is 0.477 e. The first-order valence-electron chi connectivity index (χ1n) is 5.64. The van der Waals surface area contributed by atoms with Crippen LogP contribution in [-0.2, 0) is 14.3 Å². The van der Waals surface area contributed by atoms with Gasteiger partial charge in [0, 0.05) is 12.8 Å². The van der Waals surface area contributed by atoms with E-state index in [4.69, 9.17) is 5.11 Å². The van der Waals surface area contributed by atoms with E-state index in [9.17, 15) is 18.4 Å². The Labute approximate surface area is 97.9 Å². The molecular weight excluding hydrogens is 234 g/mol. The molecule has 0 heterocycles. The van der Waals surface area contributed by atoms with E-state index in [1.54, 1.807) is 0 Å². The van der Waals surface area contributed by atoms with Crippen molar-refractivity contribution in [3.05, 3.63) is 0 Å². The number of ether oxygens (including phenoxy) is 1. The number of hydrogen-bond acceptors (Lipinski definition) is 3. The van der Waals surface area contributed by atoms with Crippen molar-refractivity contribution >= 4 is 11.9 Å². The summed E-state index contributed by atoms with van der Waals surface area (Å²) in [7, 11) is 0. The Morgan fingerprint density at radius 2 is 1.82 bits per heavy atom. The van der Waals surface area contributed by atoms with Crippen molar-refractivity contribution in [1.82, 2.24) is 0 Å². The van der Waals surface area contributed by atoms with Gasteiger partial charge in [-0.3, -0.25) is 4.79 Å². The van der Waals surface area contributed by atoms with Crippen molar-refractivity contribution in [2.24, 2.45) is 5.92 Å². The molecule has 1 fully saturated rings. The second-order valence-corrected chi connectivity index (χ2v) is 4.36. The van der Waals surface area contributed by atoms with E-state index in [2.05, 4.69) is 4.74 Å². The van der Waals surface area contributed by atoms with Gasteiger partial charge in [-0.1, -0.05) is 19.3 Å². The Balaban J connectivity index is 2.85. The van der Waals surface area contributed by atoms with Gasteiger partial charge in [0.2, 0.25) is 0 Å². The molecule has 17 heavy (non-hydrogen) atoms. The number of aliphatic carboxylic acids is 1. The molecule has 0 bridgehead atoms. The van der Waals surface area contributed by atoms with Crippen LogP contribution in [0.25, 0.3) is 0 Å². The van der Waals surface area contributed by atoms with Gasteiger partial charge in [-0.2, -0.15) is 8.78 Å². The summed E-state index contributed by atoms with van der Waals surface area (Å²) in [6.45, 7) is 1.01. The third kappa shape index (κ3) is 3.38. The summed E-state index contributed by atoms with van der Waals surface area (Å²) < 4.78 is 31.5. The summed E-state index contributed by atoms with van der Waals surface area (Å²) in [6, 6.07) is 0. The predicted octanol–water partition coefficient (Wildman–Crippen LogP) is 2.22. The van der Waals surface area contributed by atoms with Crippen molar-refractivity contribution in [3.63, 3.8) is 0 Å². The fourth-order valence-electron chi connectivity index (χ4n) is 2.20. The Morgan fingerprint density at radius 3 is 2.24 bits per heavy atom. The minimum atomic E-state index is -4.02.